The fraction of sp³-hybridized carbons (Fsp3) is 0.222. The number of pyridine rings is 2. The number of hydrogen-bond acceptors (Lipinski definition) is 7. The predicted octanol–water partition coefficient (Wildman–Crippen LogP) is 4.72. The van der Waals surface area contributed by atoms with E-state index in [4.69, 9.17) is 4.74 Å². The molecule has 0 radical (unpaired) electrons. The van der Waals surface area contributed by atoms with E-state index in [2.05, 4.69) is 19.6 Å². The topological polar surface area (TPSA) is 70.6 Å². The third-order valence-electron chi connectivity index (χ3n) is 6.13. The van der Waals surface area contributed by atoms with Crippen LogP contribution in [0.2, 0.25) is 0 Å². The van der Waals surface area contributed by atoms with E-state index < -0.39 is 0 Å². The number of aromatic nitrogens is 2. The second kappa shape index (κ2) is 10.8. The quantitative estimate of drug-likeness (QED) is 0.380. The van der Waals surface area contributed by atoms with Crippen LogP contribution in [0.15, 0.2) is 84.1 Å². The molecule has 0 bridgehead atoms. The molecule has 1 saturated heterocycles. The van der Waals surface area contributed by atoms with Gasteiger partial charge in [0.15, 0.2) is 0 Å². The summed E-state index contributed by atoms with van der Waals surface area (Å²) in [5.74, 6) is 0.664. The number of anilines is 1. The third kappa shape index (κ3) is 5.39. The Morgan fingerprint density at radius 2 is 1.80 bits per heavy atom. The Kier molecular flexibility index (Phi) is 7.11. The minimum Gasteiger partial charge on any atom is -0.495 e. The van der Waals surface area contributed by atoms with Crippen molar-refractivity contribution >= 4 is 34.4 Å². The minimum atomic E-state index is 0.0318. The van der Waals surface area contributed by atoms with Crippen molar-refractivity contribution in [2.45, 2.75) is 11.4 Å². The standard InChI is InChI=1S/C27H27N5O2S/c1-34-24-18-22(27(33)32-16-14-31(15-17-32)19-20-9-12-28-13-10-20)7-8-23(24)30-35-25-6-2-4-21-5-3-11-29-26(21)25/h2-13,18,30H,14-17,19H2,1H3. The second-order valence-electron chi connectivity index (χ2n) is 8.37. The van der Waals surface area contributed by atoms with Crippen LogP contribution in [0.3, 0.4) is 0 Å². The van der Waals surface area contributed by atoms with Gasteiger partial charge in [-0.2, -0.15) is 0 Å². The Labute approximate surface area is 209 Å². The van der Waals surface area contributed by atoms with Crippen molar-refractivity contribution in [1.29, 1.82) is 0 Å². The number of piperazine rings is 1. The lowest BCUT2D eigenvalue weighted by molar-refractivity contribution is 0.0628. The third-order valence-corrected chi connectivity index (χ3v) is 7.00. The summed E-state index contributed by atoms with van der Waals surface area (Å²) in [4.78, 5) is 27.1. The number of carbonyl (C=O) groups is 1. The summed E-state index contributed by atoms with van der Waals surface area (Å²) < 4.78 is 8.97. The van der Waals surface area contributed by atoms with E-state index in [1.54, 1.807) is 13.3 Å². The highest BCUT2D eigenvalue weighted by atomic mass is 32.2. The first kappa shape index (κ1) is 23.1. The summed E-state index contributed by atoms with van der Waals surface area (Å²) in [5.41, 5.74) is 3.63. The number of ether oxygens (including phenoxy) is 1. The van der Waals surface area contributed by atoms with E-state index in [-0.39, 0.29) is 5.91 Å². The molecule has 8 heteroatoms. The summed E-state index contributed by atoms with van der Waals surface area (Å²) >= 11 is 1.48. The zero-order chi connectivity index (χ0) is 24.0. The average molecular weight is 486 g/mol. The Morgan fingerprint density at radius 3 is 2.60 bits per heavy atom. The van der Waals surface area contributed by atoms with Gasteiger partial charge in [0.25, 0.3) is 5.91 Å². The van der Waals surface area contributed by atoms with Crippen LogP contribution in [0.1, 0.15) is 15.9 Å². The molecule has 0 aliphatic carbocycles. The van der Waals surface area contributed by atoms with Crippen molar-refractivity contribution in [2.75, 3.05) is 38.0 Å². The van der Waals surface area contributed by atoms with Crippen molar-refractivity contribution in [2.24, 2.45) is 0 Å². The van der Waals surface area contributed by atoms with E-state index in [1.807, 2.05) is 78.0 Å². The maximum Gasteiger partial charge on any atom is 0.254 e. The van der Waals surface area contributed by atoms with Crippen molar-refractivity contribution in [3.05, 3.63) is 90.4 Å². The fourth-order valence-corrected chi connectivity index (χ4v) is 5.02. The van der Waals surface area contributed by atoms with Crippen molar-refractivity contribution in [1.82, 2.24) is 19.8 Å². The van der Waals surface area contributed by atoms with Crippen LogP contribution in [-0.2, 0) is 6.54 Å². The monoisotopic (exact) mass is 485 g/mol. The molecule has 0 saturated carbocycles. The first-order valence-electron chi connectivity index (χ1n) is 11.6. The van der Waals surface area contributed by atoms with Crippen LogP contribution >= 0.6 is 11.9 Å². The second-order valence-corrected chi connectivity index (χ2v) is 9.22. The molecule has 7 nitrogen and oxygen atoms in total. The maximum atomic E-state index is 13.2. The Balaban J connectivity index is 1.22. The molecular weight excluding hydrogens is 458 g/mol. The zero-order valence-electron chi connectivity index (χ0n) is 19.6. The summed E-state index contributed by atoms with van der Waals surface area (Å²) in [6.07, 6.45) is 5.43. The van der Waals surface area contributed by atoms with E-state index in [9.17, 15) is 4.79 Å². The largest absolute Gasteiger partial charge is 0.495 e. The van der Waals surface area contributed by atoms with Crippen LogP contribution in [0.4, 0.5) is 5.69 Å². The molecule has 178 valence electrons. The van der Waals surface area contributed by atoms with Gasteiger partial charge in [-0.15, -0.1) is 0 Å². The summed E-state index contributed by atoms with van der Waals surface area (Å²) in [7, 11) is 1.62. The lowest BCUT2D eigenvalue weighted by Gasteiger charge is -2.34. The van der Waals surface area contributed by atoms with Gasteiger partial charge in [-0.25, -0.2) is 0 Å². The van der Waals surface area contributed by atoms with Crippen molar-refractivity contribution < 1.29 is 9.53 Å². The molecule has 5 rings (SSSR count). The van der Waals surface area contributed by atoms with E-state index in [0.29, 0.717) is 24.4 Å². The molecule has 0 atom stereocenters. The number of amides is 1. The molecule has 4 aromatic rings. The smallest absolute Gasteiger partial charge is 0.254 e. The van der Waals surface area contributed by atoms with Gasteiger partial charge < -0.3 is 14.4 Å². The summed E-state index contributed by atoms with van der Waals surface area (Å²) in [6, 6.07) is 19.7. The summed E-state index contributed by atoms with van der Waals surface area (Å²) in [6.45, 7) is 3.98. The van der Waals surface area contributed by atoms with Crippen LogP contribution in [0, 0.1) is 0 Å². The number of benzene rings is 2. The molecule has 1 amide bonds. The molecule has 1 aliphatic heterocycles. The van der Waals surface area contributed by atoms with Crippen molar-refractivity contribution in [3.63, 3.8) is 0 Å². The molecule has 0 spiro atoms. The number of para-hydroxylation sites is 1. The van der Waals surface area contributed by atoms with Gasteiger partial charge in [0.2, 0.25) is 0 Å². The molecule has 3 heterocycles. The molecule has 1 aliphatic rings. The van der Waals surface area contributed by atoms with Gasteiger partial charge in [-0.1, -0.05) is 18.2 Å². The fourth-order valence-electron chi connectivity index (χ4n) is 4.22. The normalized spacial score (nSPS) is 14.1. The average Bonchev–Trinajstić information content (AvgIpc) is 2.92. The molecule has 2 aromatic heterocycles. The van der Waals surface area contributed by atoms with Gasteiger partial charge in [0.1, 0.15) is 5.75 Å². The number of rotatable bonds is 7. The highest BCUT2D eigenvalue weighted by molar-refractivity contribution is 8.00. The Bertz CT molecular complexity index is 1300. The highest BCUT2D eigenvalue weighted by Crippen LogP contribution is 2.33. The molecule has 1 fully saturated rings. The van der Waals surface area contributed by atoms with E-state index in [0.717, 1.165) is 41.1 Å². The van der Waals surface area contributed by atoms with Gasteiger partial charge in [-0.05, 0) is 60.0 Å². The van der Waals surface area contributed by atoms with Gasteiger partial charge in [0.05, 0.1) is 23.2 Å². The van der Waals surface area contributed by atoms with Gasteiger partial charge in [0, 0.05) is 62.3 Å². The maximum absolute atomic E-state index is 13.2. The number of nitrogens with one attached hydrogen (secondary N) is 1. The summed E-state index contributed by atoms with van der Waals surface area (Å²) in [5, 5.41) is 1.09. The van der Waals surface area contributed by atoms with E-state index in [1.165, 1.54) is 17.5 Å². The molecule has 35 heavy (non-hydrogen) atoms. The lowest BCUT2D eigenvalue weighted by atomic mass is 10.1. The first-order chi connectivity index (χ1) is 17.2. The predicted molar refractivity (Wildman–Crippen MR) is 140 cm³/mol. The first-order valence-corrected chi connectivity index (χ1v) is 12.4. The highest BCUT2D eigenvalue weighted by Gasteiger charge is 2.23. The van der Waals surface area contributed by atoms with Crippen LogP contribution in [0.25, 0.3) is 10.9 Å². The van der Waals surface area contributed by atoms with Crippen LogP contribution < -0.4 is 9.46 Å². The Hall–Kier alpha value is -3.62. The molecule has 1 N–H and O–H groups in total. The van der Waals surface area contributed by atoms with Crippen LogP contribution in [-0.4, -0.2) is 59.0 Å². The van der Waals surface area contributed by atoms with E-state index >= 15 is 0 Å². The molecule has 0 unspecified atom stereocenters. The number of methoxy groups -OCH3 is 1. The molecule has 2 aromatic carbocycles. The number of fused-ring (bicyclic) bond motifs is 1. The number of carbonyl (C=O) groups excluding carboxylic acids is 1. The van der Waals surface area contributed by atoms with Crippen LogP contribution in [0.5, 0.6) is 5.75 Å². The number of hydrogen-bond donors (Lipinski definition) is 1. The molecular formula is C27H27N5O2S. The van der Waals surface area contributed by atoms with Gasteiger partial charge >= 0.3 is 0 Å². The Morgan fingerprint density at radius 1 is 1.00 bits per heavy atom. The van der Waals surface area contributed by atoms with Gasteiger partial charge in [-0.3, -0.25) is 19.7 Å². The van der Waals surface area contributed by atoms with Crippen molar-refractivity contribution in [3.8, 4) is 5.75 Å². The lowest BCUT2D eigenvalue weighted by Crippen LogP contribution is -2.48. The zero-order valence-corrected chi connectivity index (χ0v) is 20.4. The minimum absolute atomic E-state index is 0.0318. The SMILES string of the molecule is COc1cc(C(=O)N2CCN(Cc3ccncc3)CC2)ccc1NSc1cccc2cccnc12. The number of nitrogens with zero attached hydrogens (tertiary/aromatic N) is 4.